The van der Waals surface area contributed by atoms with Crippen molar-refractivity contribution in [2.45, 2.75) is 48.5 Å². The molecule has 5 aromatic rings. The first kappa shape index (κ1) is 42.6. The van der Waals surface area contributed by atoms with Crippen molar-refractivity contribution in [3.05, 3.63) is 158 Å². The van der Waals surface area contributed by atoms with Crippen LogP contribution in [0.15, 0.2) is 97.1 Å². The minimum atomic E-state index is -0.407. The minimum Gasteiger partial charge on any atom is -0.378 e. The number of carbonyl (C=O) groups excluding carboxylic acids is 4. The highest BCUT2D eigenvalue weighted by molar-refractivity contribution is 6.27. The fourth-order valence-electron chi connectivity index (χ4n) is 6.15. The van der Waals surface area contributed by atoms with Crippen LogP contribution in [0.5, 0.6) is 0 Å². The first-order valence-electron chi connectivity index (χ1n) is 18.5. The zero-order valence-electron chi connectivity index (χ0n) is 34.2. The van der Waals surface area contributed by atoms with E-state index < -0.39 is 23.1 Å². The van der Waals surface area contributed by atoms with Gasteiger partial charge in [-0.1, -0.05) is 57.5 Å². The molecule has 0 aliphatic heterocycles. The van der Waals surface area contributed by atoms with Crippen molar-refractivity contribution in [3.8, 4) is 0 Å². The molecule has 0 saturated heterocycles. The number of hydrogen-bond acceptors (Lipinski definition) is 7. The van der Waals surface area contributed by atoms with Crippen LogP contribution < -0.4 is 14.7 Å². The molecule has 0 fully saturated rings. The molecule has 0 saturated carbocycles. The Morgan fingerprint density at radius 1 is 0.333 bits per heavy atom. The molecule has 54 heavy (non-hydrogen) atoms. The fourth-order valence-corrected chi connectivity index (χ4v) is 6.15. The molecule has 0 atom stereocenters. The monoisotopic (exact) mass is 725 g/mol. The first-order valence-corrected chi connectivity index (χ1v) is 18.5. The summed E-state index contributed by atoms with van der Waals surface area (Å²) in [6.45, 7) is 13.3. The molecule has 5 rings (SSSR count). The lowest BCUT2D eigenvalue weighted by atomic mass is 9.78. The fraction of sp³-hybridized carbons (Fsp3) is 0.277. The van der Waals surface area contributed by atoms with Gasteiger partial charge >= 0.3 is 0 Å². The Kier molecular flexibility index (Phi) is 14.8. The number of benzene rings is 5. The van der Waals surface area contributed by atoms with E-state index in [2.05, 4.69) is 0 Å². The van der Waals surface area contributed by atoms with E-state index in [1.807, 2.05) is 140 Å². The third-order valence-electron chi connectivity index (χ3n) is 9.16. The highest BCUT2D eigenvalue weighted by atomic mass is 16.1. The van der Waals surface area contributed by atoms with Gasteiger partial charge in [-0.15, -0.1) is 0 Å². The van der Waals surface area contributed by atoms with Crippen LogP contribution in [0, 0.1) is 20.8 Å². The molecule has 0 radical (unpaired) electrons. The van der Waals surface area contributed by atoms with E-state index in [9.17, 15) is 19.2 Å². The number of nitrogens with zero attached hydrogens (tertiary/aromatic N) is 3. The van der Waals surface area contributed by atoms with E-state index >= 15 is 0 Å². The van der Waals surface area contributed by atoms with Gasteiger partial charge in [0, 0.05) is 104 Å². The SMILES string of the molecule is CC.CC.Cc1ccc(C(=O)c2c(C)c(C(=O)c3ccc(N(C)C)cc3)c(C(=O)c3ccc(N(C)C)cc3)c(C)c2C(=O)c2ccc(N(C)C)cc2)cc1. The van der Waals surface area contributed by atoms with Crippen LogP contribution in [0.1, 0.15) is 108 Å². The topological polar surface area (TPSA) is 78.0 Å². The molecule has 0 heterocycles. The first-order chi connectivity index (χ1) is 25.7. The number of carbonyl (C=O) groups is 4. The van der Waals surface area contributed by atoms with Gasteiger partial charge in [0.1, 0.15) is 0 Å². The summed E-state index contributed by atoms with van der Waals surface area (Å²) in [5, 5.41) is 0. The maximum Gasteiger partial charge on any atom is 0.194 e. The molecule has 0 aromatic heterocycles. The van der Waals surface area contributed by atoms with Gasteiger partial charge < -0.3 is 14.7 Å². The molecule has 0 N–H and O–H groups in total. The van der Waals surface area contributed by atoms with Crippen LogP contribution in [0.3, 0.4) is 0 Å². The van der Waals surface area contributed by atoms with Crippen LogP contribution in [-0.4, -0.2) is 65.4 Å². The molecular formula is C47H55N3O4. The molecule has 0 aliphatic carbocycles. The van der Waals surface area contributed by atoms with Gasteiger partial charge in [0.05, 0.1) is 0 Å². The zero-order chi connectivity index (χ0) is 40.4. The maximum absolute atomic E-state index is 14.6. The minimum absolute atomic E-state index is 0.107. The molecule has 5 aromatic carbocycles. The van der Waals surface area contributed by atoms with E-state index in [1.54, 1.807) is 62.4 Å². The molecular weight excluding hydrogens is 671 g/mol. The summed E-state index contributed by atoms with van der Waals surface area (Å²) < 4.78 is 0. The van der Waals surface area contributed by atoms with Crippen molar-refractivity contribution in [1.82, 2.24) is 0 Å². The van der Waals surface area contributed by atoms with Gasteiger partial charge in [-0.3, -0.25) is 19.2 Å². The average Bonchev–Trinajstić information content (AvgIpc) is 3.19. The standard InChI is InChI=1S/C43H43N3O4.2C2H6/c1-26-10-12-29(13-11-26)40(47)36-27(2)38(42(49)31-16-22-34(23-17-31)45(6)7)39(43(50)32-18-24-35(25-19-32)46(8)9)28(3)37(36)41(48)30-14-20-33(21-15-30)44(4)5;2*1-2/h10-25H,1-9H3;2*1-2H3. The molecule has 0 spiro atoms. The highest BCUT2D eigenvalue weighted by Crippen LogP contribution is 2.35. The Labute approximate surface area is 322 Å². The summed E-state index contributed by atoms with van der Waals surface area (Å²) in [6, 6.07) is 28.5. The van der Waals surface area contributed by atoms with E-state index in [-0.39, 0.29) is 33.4 Å². The summed E-state index contributed by atoms with van der Waals surface area (Å²) in [6.07, 6.45) is 0. The number of rotatable bonds is 11. The zero-order valence-corrected chi connectivity index (χ0v) is 34.2. The third-order valence-corrected chi connectivity index (χ3v) is 9.16. The van der Waals surface area contributed by atoms with Crippen molar-refractivity contribution in [3.63, 3.8) is 0 Å². The summed E-state index contributed by atoms with van der Waals surface area (Å²) in [7, 11) is 11.5. The average molecular weight is 726 g/mol. The number of aryl methyl sites for hydroxylation is 1. The van der Waals surface area contributed by atoms with Crippen LogP contribution in [0.2, 0.25) is 0 Å². The lowest BCUT2D eigenvalue weighted by molar-refractivity contribution is 0.0991. The Morgan fingerprint density at radius 2 is 0.519 bits per heavy atom. The number of anilines is 3. The van der Waals surface area contributed by atoms with Crippen molar-refractivity contribution in [2.24, 2.45) is 0 Å². The van der Waals surface area contributed by atoms with Crippen LogP contribution >= 0.6 is 0 Å². The molecule has 0 aliphatic rings. The molecule has 282 valence electrons. The van der Waals surface area contributed by atoms with Gasteiger partial charge in [0.15, 0.2) is 23.1 Å². The molecule has 0 unspecified atom stereocenters. The Hall–Kier alpha value is -5.82. The van der Waals surface area contributed by atoms with E-state index in [4.69, 9.17) is 0 Å². The lowest BCUT2D eigenvalue weighted by Crippen LogP contribution is -2.23. The van der Waals surface area contributed by atoms with Gasteiger partial charge in [-0.05, 0) is 105 Å². The number of ketones is 4. The largest absolute Gasteiger partial charge is 0.378 e. The Morgan fingerprint density at radius 3 is 0.704 bits per heavy atom. The van der Waals surface area contributed by atoms with Gasteiger partial charge in [-0.25, -0.2) is 0 Å². The molecule has 7 nitrogen and oxygen atoms in total. The van der Waals surface area contributed by atoms with E-state index in [0.29, 0.717) is 22.3 Å². The second kappa shape index (κ2) is 18.8. The predicted molar refractivity (Wildman–Crippen MR) is 226 cm³/mol. The second-order valence-electron chi connectivity index (χ2n) is 13.3. The van der Waals surface area contributed by atoms with E-state index in [1.165, 1.54) is 0 Å². The van der Waals surface area contributed by atoms with Crippen molar-refractivity contribution < 1.29 is 19.2 Å². The normalized spacial score (nSPS) is 10.2. The third kappa shape index (κ3) is 9.03. The molecule has 7 heteroatoms. The predicted octanol–water partition coefficient (Wildman–Crippen LogP) is 9.79. The smallest absolute Gasteiger partial charge is 0.194 e. The lowest BCUT2D eigenvalue weighted by Gasteiger charge is -2.23. The van der Waals surface area contributed by atoms with E-state index in [0.717, 1.165) is 22.6 Å². The van der Waals surface area contributed by atoms with Gasteiger partial charge in [-0.2, -0.15) is 0 Å². The Balaban J connectivity index is 0.00000190. The van der Waals surface area contributed by atoms with Crippen molar-refractivity contribution in [2.75, 3.05) is 57.0 Å². The van der Waals surface area contributed by atoms with Crippen molar-refractivity contribution >= 4 is 40.2 Å². The maximum atomic E-state index is 14.6. The van der Waals surface area contributed by atoms with Crippen LogP contribution in [0.25, 0.3) is 0 Å². The van der Waals surface area contributed by atoms with Gasteiger partial charge in [0.2, 0.25) is 0 Å². The highest BCUT2D eigenvalue weighted by Gasteiger charge is 2.34. The van der Waals surface area contributed by atoms with Crippen LogP contribution in [0.4, 0.5) is 17.1 Å². The quantitative estimate of drug-likeness (QED) is 0.126. The summed E-state index contributed by atoms with van der Waals surface area (Å²) >= 11 is 0. The second-order valence-corrected chi connectivity index (χ2v) is 13.3. The summed E-state index contributed by atoms with van der Waals surface area (Å²) in [5.74, 6) is -1.62. The summed E-state index contributed by atoms with van der Waals surface area (Å²) in [5.41, 5.74) is 6.16. The molecule has 0 bridgehead atoms. The van der Waals surface area contributed by atoms with Crippen molar-refractivity contribution in [1.29, 1.82) is 0 Å². The Bertz CT molecular complexity index is 2090. The van der Waals surface area contributed by atoms with Crippen LogP contribution in [-0.2, 0) is 0 Å². The summed E-state index contributed by atoms with van der Waals surface area (Å²) in [4.78, 5) is 64.2. The number of hydrogen-bond donors (Lipinski definition) is 0. The van der Waals surface area contributed by atoms with Gasteiger partial charge in [0.25, 0.3) is 0 Å². The molecule has 0 amide bonds.